The van der Waals surface area contributed by atoms with E-state index in [0.717, 1.165) is 5.56 Å². The van der Waals surface area contributed by atoms with E-state index in [4.69, 9.17) is 4.74 Å². The number of aryl methyl sites for hydroxylation is 1. The van der Waals surface area contributed by atoms with E-state index < -0.39 is 16.1 Å². The topological polar surface area (TPSA) is 84.5 Å². The summed E-state index contributed by atoms with van der Waals surface area (Å²) in [5.41, 5.74) is 0.789. The van der Waals surface area contributed by atoms with E-state index in [1.54, 1.807) is 26.0 Å². The number of nitrogens with one attached hydrogen (secondary N) is 2. The number of carbonyl (C=O) groups is 1. The molecule has 1 rings (SSSR count). The molecule has 1 aromatic rings. The van der Waals surface area contributed by atoms with Gasteiger partial charge in [0.1, 0.15) is 10.6 Å². The van der Waals surface area contributed by atoms with Gasteiger partial charge in [-0.15, -0.1) is 0 Å². The van der Waals surface area contributed by atoms with Gasteiger partial charge in [0.05, 0.1) is 13.2 Å². The van der Waals surface area contributed by atoms with Crippen molar-refractivity contribution in [3.05, 3.63) is 23.8 Å². The Morgan fingerprint density at radius 3 is 2.60 bits per heavy atom. The lowest BCUT2D eigenvalue weighted by molar-refractivity contribution is -0.122. The zero-order chi connectivity index (χ0) is 15.3. The second kappa shape index (κ2) is 6.71. The maximum Gasteiger partial charge on any atom is 0.244 e. The molecule has 20 heavy (non-hydrogen) atoms. The van der Waals surface area contributed by atoms with Crippen LogP contribution in [0.4, 0.5) is 0 Å². The number of likely N-dealkylation sites (N-methyl/N-ethyl adjacent to an activating group) is 1. The molecule has 0 saturated heterocycles. The number of sulfonamides is 1. The van der Waals surface area contributed by atoms with Gasteiger partial charge in [0, 0.05) is 6.54 Å². The molecule has 0 heterocycles. The summed E-state index contributed by atoms with van der Waals surface area (Å²) in [5, 5.41) is 2.56. The van der Waals surface area contributed by atoms with Crippen molar-refractivity contribution in [1.29, 1.82) is 0 Å². The Labute approximate surface area is 119 Å². The largest absolute Gasteiger partial charge is 0.495 e. The van der Waals surface area contributed by atoms with E-state index in [9.17, 15) is 13.2 Å². The van der Waals surface area contributed by atoms with Crippen molar-refractivity contribution in [2.24, 2.45) is 0 Å². The van der Waals surface area contributed by atoms with E-state index >= 15 is 0 Å². The number of carbonyl (C=O) groups excluding carboxylic acids is 1. The Morgan fingerprint density at radius 1 is 1.40 bits per heavy atom. The molecule has 0 bridgehead atoms. The smallest absolute Gasteiger partial charge is 0.244 e. The van der Waals surface area contributed by atoms with Crippen molar-refractivity contribution in [1.82, 2.24) is 10.0 Å². The summed E-state index contributed by atoms with van der Waals surface area (Å²) in [6, 6.07) is 3.99. The lowest BCUT2D eigenvalue weighted by Crippen LogP contribution is -2.44. The highest BCUT2D eigenvalue weighted by Gasteiger charge is 2.24. The van der Waals surface area contributed by atoms with Crippen molar-refractivity contribution >= 4 is 15.9 Å². The van der Waals surface area contributed by atoms with Gasteiger partial charge in [-0.1, -0.05) is 6.07 Å². The third-order valence-electron chi connectivity index (χ3n) is 2.68. The number of amides is 1. The zero-order valence-corrected chi connectivity index (χ0v) is 12.9. The first-order chi connectivity index (χ1) is 9.31. The quantitative estimate of drug-likeness (QED) is 0.814. The van der Waals surface area contributed by atoms with E-state index in [1.807, 2.05) is 0 Å². The predicted octanol–water partition coefficient (Wildman–Crippen LogP) is 0.807. The van der Waals surface area contributed by atoms with Crippen LogP contribution in [0, 0.1) is 6.92 Å². The summed E-state index contributed by atoms with van der Waals surface area (Å²) in [4.78, 5) is 11.6. The molecule has 0 aromatic heterocycles. The number of ether oxygens (including phenoxy) is 1. The molecular weight excluding hydrogens is 280 g/mol. The Kier molecular flexibility index (Phi) is 5.52. The number of rotatable bonds is 6. The fourth-order valence-electron chi connectivity index (χ4n) is 1.67. The zero-order valence-electron chi connectivity index (χ0n) is 12.1. The van der Waals surface area contributed by atoms with Gasteiger partial charge in [-0.2, -0.15) is 4.72 Å². The highest BCUT2D eigenvalue weighted by Crippen LogP contribution is 2.24. The highest BCUT2D eigenvalue weighted by molar-refractivity contribution is 7.89. The van der Waals surface area contributed by atoms with Crippen LogP contribution in [0.1, 0.15) is 19.4 Å². The lowest BCUT2D eigenvalue weighted by Gasteiger charge is -2.15. The van der Waals surface area contributed by atoms with Crippen LogP contribution >= 0.6 is 0 Å². The summed E-state index contributed by atoms with van der Waals surface area (Å²) < 4.78 is 32.0. The van der Waals surface area contributed by atoms with E-state index in [0.29, 0.717) is 6.54 Å². The van der Waals surface area contributed by atoms with Crippen molar-refractivity contribution in [3.63, 3.8) is 0 Å². The average molecular weight is 300 g/mol. The third-order valence-corrected chi connectivity index (χ3v) is 4.25. The maximum atomic E-state index is 12.3. The molecule has 112 valence electrons. The van der Waals surface area contributed by atoms with Crippen LogP contribution in [-0.2, 0) is 14.8 Å². The first-order valence-corrected chi connectivity index (χ1v) is 7.74. The minimum absolute atomic E-state index is 0.0242. The number of hydrogen-bond donors (Lipinski definition) is 2. The van der Waals surface area contributed by atoms with Gasteiger partial charge in [-0.05, 0) is 38.5 Å². The molecular formula is C13H20N2O4S. The summed E-state index contributed by atoms with van der Waals surface area (Å²) in [6.07, 6.45) is 0. The Hall–Kier alpha value is -1.60. The van der Waals surface area contributed by atoms with Gasteiger partial charge in [0.2, 0.25) is 15.9 Å². The molecule has 0 spiro atoms. The fraction of sp³-hybridized carbons (Fsp3) is 0.462. The summed E-state index contributed by atoms with van der Waals surface area (Å²) in [6.45, 7) is 5.48. The predicted molar refractivity (Wildman–Crippen MR) is 76.2 cm³/mol. The Bertz CT molecular complexity index is 584. The number of methoxy groups -OCH3 is 1. The molecule has 6 nitrogen and oxygen atoms in total. The Morgan fingerprint density at radius 2 is 2.05 bits per heavy atom. The van der Waals surface area contributed by atoms with Gasteiger partial charge >= 0.3 is 0 Å². The maximum absolute atomic E-state index is 12.3. The summed E-state index contributed by atoms with van der Waals surface area (Å²) >= 11 is 0. The molecule has 1 atom stereocenters. The van der Waals surface area contributed by atoms with E-state index in [2.05, 4.69) is 10.0 Å². The van der Waals surface area contributed by atoms with Gasteiger partial charge in [0.15, 0.2) is 0 Å². The molecule has 0 unspecified atom stereocenters. The first kappa shape index (κ1) is 16.5. The van der Waals surface area contributed by atoms with Crippen LogP contribution in [0.15, 0.2) is 23.1 Å². The molecule has 1 aromatic carbocycles. The van der Waals surface area contributed by atoms with Crippen LogP contribution in [0.5, 0.6) is 5.75 Å². The van der Waals surface area contributed by atoms with E-state index in [1.165, 1.54) is 20.1 Å². The average Bonchev–Trinajstić information content (AvgIpc) is 2.38. The van der Waals surface area contributed by atoms with Gasteiger partial charge in [-0.3, -0.25) is 4.79 Å². The van der Waals surface area contributed by atoms with Gasteiger partial charge in [-0.25, -0.2) is 8.42 Å². The first-order valence-electron chi connectivity index (χ1n) is 6.26. The second-order valence-corrected chi connectivity index (χ2v) is 6.07. The molecule has 0 saturated carbocycles. The van der Waals surface area contributed by atoms with Crippen LogP contribution < -0.4 is 14.8 Å². The van der Waals surface area contributed by atoms with Gasteiger partial charge < -0.3 is 10.1 Å². The fourth-order valence-corrected chi connectivity index (χ4v) is 3.13. The molecule has 7 heteroatoms. The van der Waals surface area contributed by atoms with Crippen molar-refractivity contribution in [2.45, 2.75) is 31.7 Å². The van der Waals surface area contributed by atoms with Crippen LogP contribution in [0.3, 0.4) is 0 Å². The molecule has 0 radical (unpaired) electrons. The standard InChI is InChI=1S/C13H20N2O4S/c1-5-14-13(16)10(3)15-20(17,18)12-8-9(2)6-7-11(12)19-4/h6-8,10,15H,5H2,1-4H3,(H,14,16)/t10-/m1/s1. The molecule has 0 fully saturated rings. The molecule has 2 N–H and O–H groups in total. The van der Waals surface area contributed by atoms with Crippen LogP contribution in [0.25, 0.3) is 0 Å². The molecule has 0 aliphatic rings. The highest BCUT2D eigenvalue weighted by atomic mass is 32.2. The number of benzene rings is 1. The lowest BCUT2D eigenvalue weighted by atomic mass is 10.2. The third kappa shape index (κ3) is 3.94. The van der Waals surface area contributed by atoms with Crippen molar-refractivity contribution < 1.29 is 17.9 Å². The number of hydrogen-bond acceptors (Lipinski definition) is 4. The molecule has 1 amide bonds. The minimum atomic E-state index is -3.82. The van der Waals surface area contributed by atoms with Crippen LogP contribution in [0.2, 0.25) is 0 Å². The van der Waals surface area contributed by atoms with Crippen molar-refractivity contribution in [2.75, 3.05) is 13.7 Å². The van der Waals surface area contributed by atoms with Gasteiger partial charge in [0.25, 0.3) is 0 Å². The van der Waals surface area contributed by atoms with Crippen LogP contribution in [-0.4, -0.2) is 34.0 Å². The summed E-state index contributed by atoms with van der Waals surface area (Å²) in [7, 11) is -2.42. The van der Waals surface area contributed by atoms with E-state index in [-0.39, 0.29) is 16.6 Å². The second-order valence-electron chi connectivity index (χ2n) is 4.39. The molecule has 0 aliphatic carbocycles. The monoisotopic (exact) mass is 300 g/mol. The van der Waals surface area contributed by atoms with Crippen molar-refractivity contribution in [3.8, 4) is 5.75 Å². The minimum Gasteiger partial charge on any atom is -0.495 e. The molecule has 0 aliphatic heterocycles. The summed E-state index contributed by atoms with van der Waals surface area (Å²) in [5.74, 6) is -0.131. The normalized spacial score (nSPS) is 12.8. The SMILES string of the molecule is CCNC(=O)[C@@H](C)NS(=O)(=O)c1cc(C)ccc1OC. The Balaban J connectivity index is 3.05.